The minimum Gasteiger partial charge on any atom is -0.497 e. The first-order chi connectivity index (χ1) is 15.1. The van der Waals surface area contributed by atoms with E-state index in [-0.39, 0.29) is 17.4 Å². The number of benzene rings is 2. The van der Waals surface area contributed by atoms with Crippen LogP contribution in [0.4, 0.5) is 5.69 Å². The van der Waals surface area contributed by atoms with E-state index in [1.165, 1.54) is 13.5 Å². The van der Waals surface area contributed by atoms with Crippen LogP contribution in [-0.4, -0.2) is 62.2 Å². The Morgan fingerprint density at radius 3 is 2.52 bits per heavy atom. The Hall–Kier alpha value is -3.81. The first kappa shape index (κ1) is 20.5. The van der Waals surface area contributed by atoms with E-state index >= 15 is 0 Å². The fourth-order valence-corrected chi connectivity index (χ4v) is 3.69. The largest absolute Gasteiger partial charge is 0.497 e. The second-order valence-electron chi connectivity index (χ2n) is 7.05. The van der Waals surface area contributed by atoms with Gasteiger partial charge in [0.25, 0.3) is 5.91 Å². The maximum Gasteiger partial charge on any atom is 0.360 e. The quantitative estimate of drug-likeness (QED) is 0.585. The van der Waals surface area contributed by atoms with Gasteiger partial charge in [-0.2, -0.15) is 0 Å². The molecule has 1 amide bonds. The second-order valence-corrected chi connectivity index (χ2v) is 7.05. The number of ether oxygens (including phenoxy) is 2. The third-order valence-electron chi connectivity index (χ3n) is 5.33. The third kappa shape index (κ3) is 4.09. The van der Waals surface area contributed by atoms with Crippen molar-refractivity contribution < 1.29 is 23.5 Å². The van der Waals surface area contributed by atoms with Crippen molar-refractivity contribution in [2.45, 2.75) is 0 Å². The van der Waals surface area contributed by atoms with Gasteiger partial charge in [0, 0.05) is 43.5 Å². The molecule has 4 rings (SSSR count). The number of rotatable bonds is 5. The molecule has 1 aromatic heterocycles. The van der Waals surface area contributed by atoms with E-state index in [9.17, 15) is 9.59 Å². The molecule has 160 valence electrons. The molecule has 3 aromatic rings. The van der Waals surface area contributed by atoms with Gasteiger partial charge in [-0.05, 0) is 18.2 Å². The SMILES string of the molecule is COC(=O)c1ncoc1-c1ccccc1C(=O)N1CCN(c2cccc(OC)c2)CC1. The van der Waals surface area contributed by atoms with Crippen molar-refractivity contribution in [2.75, 3.05) is 45.3 Å². The van der Waals surface area contributed by atoms with E-state index in [4.69, 9.17) is 13.9 Å². The Kier molecular flexibility index (Phi) is 5.88. The van der Waals surface area contributed by atoms with Gasteiger partial charge in [0.2, 0.25) is 0 Å². The van der Waals surface area contributed by atoms with Gasteiger partial charge in [-0.3, -0.25) is 4.79 Å². The normalized spacial score (nSPS) is 13.7. The minimum atomic E-state index is -0.613. The smallest absolute Gasteiger partial charge is 0.360 e. The highest BCUT2D eigenvalue weighted by molar-refractivity contribution is 6.03. The van der Waals surface area contributed by atoms with Crippen molar-refractivity contribution in [3.63, 3.8) is 0 Å². The number of oxazole rings is 1. The van der Waals surface area contributed by atoms with E-state index in [1.54, 1.807) is 31.4 Å². The number of carbonyl (C=O) groups excluding carboxylic acids is 2. The Morgan fingerprint density at radius 2 is 1.77 bits per heavy atom. The molecule has 0 unspecified atom stereocenters. The Morgan fingerprint density at radius 1 is 1.00 bits per heavy atom. The van der Waals surface area contributed by atoms with Crippen LogP contribution in [0.1, 0.15) is 20.8 Å². The van der Waals surface area contributed by atoms with Gasteiger partial charge < -0.3 is 23.7 Å². The maximum atomic E-state index is 13.3. The van der Waals surface area contributed by atoms with Crippen LogP contribution in [0.2, 0.25) is 0 Å². The third-order valence-corrected chi connectivity index (χ3v) is 5.33. The topological polar surface area (TPSA) is 85.1 Å². The lowest BCUT2D eigenvalue weighted by Gasteiger charge is -2.36. The van der Waals surface area contributed by atoms with Crippen molar-refractivity contribution >= 4 is 17.6 Å². The molecule has 2 heterocycles. The molecule has 0 saturated carbocycles. The average molecular weight is 421 g/mol. The van der Waals surface area contributed by atoms with E-state index in [1.807, 2.05) is 29.2 Å². The number of hydrogen-bond donors (Lipinski definition) is 0. The fourth-order valence-electron chi connectivity index (χ4n) is 3.69. The summed E-state index contributed by atoms with van der Waals surface area (Å²) in [6, 6.07) is 14.9. The highest BCUT2D eigenvalue weighted by Gasteiger charge is 2.27. The van der Waals surface area contributed by atoms with Gasteiger partial charge >= 0.3 is 5.97 Å². The summed E-state index contributed by atoms with van der Waals surface area (Å²) in [4.78, 5) is 33.3. The molecule has 31 heavy (non-hydrogen) atoms. The van der Waals surface area contributed by atoms with E-state index in [0.717, 1.165) is 11.4 Å². The van der Waals surface area contributed by atoms with Crippen LogP contribution >= 0.6 is 0 Å². The van der Waals surface area contributed by atoms with E-state index in [2.05, 4.69) is 9.88 Å². The molecule has 0 atom stereocenters. The van der Waals surface area contributed by atoms with Crippen molar-refractivity contribution in [2.24, 2.45) is 0 Å². The highest BCUT2D eigenvalue weighted by Crippen LogP contribution is 2.29. The van der Waals surface area contributed by atoms with Crippen molar-refractivity contribution in [3.8, 4) is 17.1 Å². The minimum absolute atomic E-state index is 0.0468. The highest BCUT2D eigenvalue weighted by atomic mass is 16.5. The predicted octanol–water partition coefficient (Wildman–Crippen LogP) is 3.10. The molecule has 8 nitrogen and oxygen atoms in total. The molecule has 1 aliphatic rings. The lowest BCUT2D eigenvalue weighted by molar-refractivity contribution is 0.0594. The molecular weight excluding hydrogens is 398 g/mol. The molecule has 2 aromatic carbocycles. The van der Waals surface area contributed by atoms with Crippen LogP contribution < -0.4 is 9.64 Å². The molecule has 1 fully saturated rings. The molecule has 1 saturated heterocycles. The number of carbonyl (C=O) groups is 2. The summed E-state index contributed by atoms with van der Waals surface area (Å²) in [5, 5.41) is 0. The van der Waals surface area contributed by atoms with Gasteiger partial charge in [-0.1, -0.05) is 24.3 Å². The number of aromatic nitrogens is 1. The molecular formula is C23H23N3O5. The molecule has 0 aliphatic carbocycles. The number of amides is 1. The van der Waals surface area contributed by atoms with Gasteiger partial charge in [0.05, 0.1) is 19.8 Å². The summed E-state index contributed by atoms with van der Waals surface area (Å²) < 4.78 is 15.5. The Bertz CT molecular complexity index is 1090. The van der Waals surface area contributed by atoms with Crippen molar-refractivity contribution in [1.82, 2.24) is 9.88 Å². The van der Waals surface area contributed by atoms with E-state index < -0.39 is 5.97 Å². The molecule has 0 radical (unpaired) electrons. The first-order valence-electron chi connectivity index (χ1n) is 9.92. The standard InChI is InChI=1S/C23H23N3O5/c1-29-17-7-5-6-16(14-17)25-10-12-26(13-11-25)22(27)19-9-4-3-8-18(19)21-20(23(28)30-2)24-15-31-21/h3-9,14-15H,10-13H2,1-2H3. The number of esters is 1. The summed E-state index contributed by atoms with van der Waals surface area (Å²) in [6.07, 6.45) is 1.18. The summed E-state index contributed by atoms with van der Waals surface area (Å²) >= 11 is 0. The Labute approximate surface area is 180 Å². The van der Waals surface area contributed by atoms with Crippen LogP contribution in [0, 0.1) is 0 Å². The van der Waals surface area contributed by atoms with Crippen LogP contribution in [-0.2, 0) is 4.74 Å². The van der Waals surface area contributed by atoms with Crippen LogP contribution in [0.15, 0.2) is 59.3 Å². The fraction of sp³-hybridized carbons (Fsp3) is 0.261. The molecule has 1 aliphatic heterocycles. The molecule has 8 heteroatoms. The number of methoxy groups -OCH3 is 2. The molecule has 0 N–H and O–H groups in total. The molecule has 0 spiro atoms. The maximum absolute atomic E-state index is 13.3. The number of nitrogens with zero attached hydrogens (tertiary/aromatic N) is 3. The van der Waals surface area contributed by atoms with Gasteiger partial charge in [0.1, 0.15) is 5.75 Å². The van der Waals surface area contributed by atoms with Crippen molar-refractivity contribution in [1.29, 1.82) is 0 Å². The zero-order chi connectivity index (χ0) is 21.8. The van der Waals surface area contributed by atoms with E-state index in [0.29, 0.717) is 37.3 Å². The number of hydrogen-bond acceptors (Lipinski definition) is 7. The second kappa shape index (κ2) is 8.91. The summed E-state index contributed by atoms with van der Waals surface area (Å²) in [5.41, 5.74) is 2.08. The van der Waals surface area contributed by atoms with Crippen LogP contribution in [0.3, 0.4) is 0 Å². The average Bonchev–Trinajstić information content (AvgIpc) is 3.33. The Balaban J connectivity index is 1.53. The summed E-state index contributed by atoms with van der Waals surface area (Å²) in [5.74, 6) is 0.301. The van der Waals surface area contributed by atoms with Gasteiger partial charge in [0.15, 0.2) is 17.8 Å². The lowest BCUT2D eigenvalue weighted by atomic mass is 10.0. The van der Waals surface area contributed by atoms with Gasteiger partial charge in [-0.25, -0.2) is 9.78 Å². The molecule has 0 bridgehead atoms. The summed E-state index contributed by atoms with van der Waals surface area (Å²) in [6.45, 7) is 2.56. The number of piperazine rings is 1. The summed E-state index contributed by atoms with van der Waals surface area (Å²) in [7, 11) is 2.92. The van der Waals surface area contributed by atoms with Gasteiger partial charge in [-0.15, -0.1) is 0 Å². The predicted molar refractivity (Wildman–Crippen MR) is 114 cm³/mol. The number of anilines is 1. The monoisotopic (exact) mass is 421 g/mol. The first-order valence-corrected chi connectivity index (χ1v) is 9.92. The zero-order valence-corrected chi connectivity index (χ0v) is 17.4. The lowest BCUT2D eigenvalue weighted by Crippen LogP contribution is -2.48. The van der Waals surface area contributed by atoms with Crippen molar-refractivity contribution in [3.05, 3.63) is 66.2 Å². The zero-order valence-electron chi connectivity index (χ0n) is 17.4. The van der Waals surface area contributed by atoms with Crippen LogP contribution in [0.25, 0.3) is 11.3 Å². The van der Waals surface area contributed by atoms with Crippen LogP contribution in [0.5, 0.6) is 5.75 Å².